The summed E-state index contributed by atoms with van der Waals surface area (Å²) in [7, 11) is 1.53. The second kappa shape index (κ2) is 4.89. The molecule has 0 bridgehead atoms. The lowest BCUT2D eigenvalue weighted by Gasteiger charge is -2.33. The van der Waals surface area contributed by atoms with E-state index < -0.39 is 23.3 Å². The molecule has 0 radical (unpaired) electrons. The van der Waals surface area contributed by atoms with Gasteiger partial charge in [0.2, 0.25) is 0 Å². The Morgan fingerprint density at radius 3 is 2.50 bits per heavy atom. The van der Waals surface area contributed by atoms with Crippen LogP contribution in [-0.4, -0.2) is 12.7 Å². The predicted molar refractivity (Wildman–Crippen MR) is 59.0 cm³/mol. The summed E-state index contributed by atoms with van der Waals surface area (Å²) in [4.78, 5) is 0. The highest BCUT2D eigenvalue weighted by Gasteiger charge is 2.32. The van der Waals surface area contributed by atoms with Crippen molar-refractivity contribution in [2.24, 2.45) is 5.73 Å². The van der Waals surface area contributed by atoms with Gasteiger partial charge in [-0.1, -0.05) is 13.0 Å². The van der Waals surface area contributed by atoms with Crippen LogP contribution >= 0.6 is 0 Å². The van der Waals surface area contributed by atoms with Gasteiger partial charge in [-0.2, -0.15) is 0 Å². The van der Waals surface area contributed by atoms with Crippen molar-refractivity contribution in [2.45, 2.75) is 31.9 Å². The van der Waals surface area contributed by atoms with Crippen molar-refractivity contribution in [2.75, 3.05) is 7.11 Å². The van der Waals surface area contributed by atoms with Gasteiger partial charge in [-0.05, 0) is 19.4 Å². The largest absolute Gasteiger partial charge is 0.377 e. The van der Waals surface area contributed by atoms with Gasteiger partial charge in [0.05, 0.1) is 11.6 Å². The molecule has 1 aromatic carbocycles. The molecule has 0 spiro atoms. The van der Waals surface area contributed by atoms with E-state index in [1.807, 2.05) is 6.92 Å². The number of rotatable bonds is 4. The first kappa shape index (κ1) is 13.1. The van der Waals surface area contributed by atoms with Crippen molar-refractivity contribution in [3.05, 3.63) is 35.4 Å². The maximum Gasteiger partial charge on any atom is 0.130 e. The molecule has 0 aliphatic heterocycles. The summed E-state index contributed by atoms with van der Waals surface area (Å²) in [6, 6.07) is 2.77. The van der Waals surface area contributed by atoms with Crippen molar-refractivity contribution >= 4 is 0 Å². The normalized spacial score (nSPS) is 16.9. The Morgan fingerprint density at radius 2 is 2.06 bits per heavy atom. The van der Waals surface area contributed by atoms with E-state index in [0.717, 1.165) is 6.07 Å². The number of ether oxygens (including phenoxy) is 1. The zero-order valence-electron chi connectivity index (χ0n) is 9.76. The van der Waals surface area contributed by atoms with E-state index in [2.05, 4.69) is 0 Å². The molecule has 2 atom stereocenters. The molecule has 16 heavy (non-hydrogen) atoms. The smallest absolute Gasteiger partial charge is 0.130 e. The van der Waals surface area contributed by atoms with Crippen LogP contribution in [0.3, 0.4) is 0 Å². The van der Waals surface area contributed by atoms with Crippen molar-refractivity contribution < 1.29 is 13.5 Å². The number of halogens is 2. The monoisotopic (exact) mass is 229 g/mol. The van der Waals surface area contributed by atoms with E-state index in [9.17, 15) is 8.78 Å². The van der Waals surface area contributed by atoms with Crippen LogP contribution in [0.1, 0.15) is 31.9 Å². The van der Waals surface area contributed by atoms with Gasteiger partial charge < -0.3 is 10.5 Å². The van der Waals surface area contributed by atoms with Crippen LogP contribution < -0.4 is 5.73 Å². The highest BCUT2D eigenvalue weighted by atomic mass is 19.1. The third-order valence-electron chi connectivity index (χ3n) is 3.12. The van der Waals surface area contributed by atoms with Gasteiger partial charge in [-0.25, -0.2) is 8.78 Å². The summed E-state index contributed by atoms with van der Waals surface area (Å²) < 4.78 is 31.6. The Labute approximate surface area is 94.4 Å². The van der Waals surface area contributed by atoms with E-state index in [1.54, 1.807) is 6.92 Å². The zero-order valence-corrected chi connectivity index (χ0v) is 9.76. The second-order valence-electron chi connectivity index (χ2n) is 4.01. The molecule has 0 amide bonds. The van der Waals surface area contributed by atoms with E-state index in [4.69, 9.17) is 10.5 Å². The zero-order chi connectivity index (χ0) is 12.3. The Hall–Kier alpha value is -1.00. The Morgan fingerprint density at radius 1 is 1.44 bits per heavy atom. The van der Waals surface area contributed by atoms with Gasteiger partial charge >= 0.3 is 0 Å². The Bertz CT molecular complexity index is 364. The van der Waals surface area contributed by atoms with Crippen LogP contribution in [0.5, 0.6) is 0 Å². The minimum Gasteiger partial charge on any atom is -0.377 e. The summed E-state index contributed by atoms with van der Waals surface area (Å²) in [6.45, 7) is 3.71. The molecule has 0 saturated carbocycles. The molecule has 2 nitrogen and oxygen atoms in total. The quantitative estimate of drug-likeness (QED) is 0.861. The van der Waals surface area contributed by atoms with Crippen LogP contribution in [0.4, 0.5) is 8.78 Å². The molecule has 2 unspecified atom stereocenters. The fraction of sp³-hybridized carbons (Fsp3) is 0.500. The lowest BCUT2D eigenvalue weighted by molar-refractivity contribution is -0.0202. The highest BCUT2D eigenvalue weighted by Crippen LogP contribution is 2.31. The van der Waals surface area contributed by atoms with Gasteiger partial charge in [0.15, 0.2) is 0 Å². The third kappa shape index (κ3) is 2.39. The number of benzene rings is 1. The molecule has 1 aromatic rings. The van der Waals surface area contributed by atoms with Crippen LogP contribution in [-0.2, 0) is 4.74 Å². The van der Waals surface area contributed by atoms with Gasteiger partial charge in [0, 0.05) is 18.7 Å². The third-order valence-corrected chi connectivity index (χ3v) is 3.12. The summed E-state index contributed by atoms with van der Waals surface area (Å²) in [5.74, 6) is -1.24. The van der Waals surface area contributed by atoms with Crippen LogP contribution in [0.2, 0.25) is 0 Å². The van der Waals surface area contributed by atoms with Gasteiger partial charge in [-0.3, -0.25) is 0 Å². The molecule has 90 valence electrons. The average Bonchev–Trinajstić information content (AvgIpc) is 2.27. The fourth-order valence-corrected chi connectivity index (χ4v) is 1.57. The summed E-state index contributed by atoms with van der Waals surface area (Å²) >= 11 is 0. The molecule has 0 aliphatic carbocycles. The Balaban J connectivity index is 3.08. The lowest BCUT2D eigenvalue weighted by Crippen LogP contribution is -2.40. The van der Waals surface area contributed by atoms with Crippen molar-refractivity contribution in [1.29, 1.82) is 0 Å². The molecular formula is C12H17F2NO. The summed E-state index contributed by atoms with van der Waals surface area (Å²) in [5.41, 5.74) is 5.57. The van der Waals surface area contributed by atoms with Crippen molar-refractivity contribution in [3.63, 3.8) is 0 Å². The maximum absolute atomic E-state index is 13.5. The molecule has 0 aliphatic rings. The van der Waals surface area contributed by atoms with Gasteiger partial charge in [-0.15, -0.1) is 0 Å². The summed E-state index contributed by atoms with van der Waals surface area (Å²) in [5, 5.41) is 0. The molecule has 0 aromatic heterocycles. The first-order valence-corrected chi connectivity index (χ1v) is 5.20. The van der Waals surface area contributed by atoms with E-state index in [-0.39, 0.29) is 5.56 Å². The van der Waals surface area contributed by atoms with Crippen molar-refractivity contribution in [1.82, 2.24) is 0 Å². The number of hydrogen-bond donors (Lipinski definition) is 1. The van der Waals surface area contributed by atoms with Gasteiger partial charge in [0.25, 0.3) is 0 Å². The van der Waals surface area contributed by atoms with E-state index in [1.165, 1.54) is 19.2 Å². The lowest BCUT2D eigenvalue weighted by atomic mass is 9.88. The number of nitrogens with two attached hydrogens (primary N) is 1. The van der Waals surface area contributed by atoms with Crippen molar-refractivity contribution in [3.8, 4) is 0 Å². The minimum atomic E-state index is -0.654. The molecule has 4 heteroatoms. The molecule has 0 fully saturated rings. The molecule has 0 heterocycles. The second-order valence-corrected chi connectivity index (χ2v) is 4.01. The van der Waals surface area contributed by atoms with E-state index in [0.29, 0.717) is 6.42 Å². The molecule has 2 N–H and O–H groups in total. The average molecular weight is 229 g/mol. The van der Waals surface area contributed by atoms with Crippen LogP contribution in [0, 0.1) is 11.6 Å². The maximum atomic E-state index is 13.5. The Kier molecular flexibility index (Phi) is 3.99. The molecule has 0 saturated heterocycles. The first-order valence-electron chi connectivity index (χ1n) is 5.20. The fourth-order valence-electron chi connectivity index (χ4n) is 1.57. The SMILES string of the molecule is CCC(C)(OC)C(N)c1ccc(F)cc1F. The highest BCUT2D eigenvalue weighted by molar-refractivity contribution is 5.24. The molecule has 1 rings (SSSR count). The van der Waals surface area contributed by atoms with Crippen LogP contribution in [0.15, 0.2) is 18.2 Å². The number of methoxy groups -OCH3 is 1. The summed E-state index contributed by atoms with van der Waals surface area (Å²) in [6.07, 6.45) is 0.640. The van der Waals surface area contributed by atoms with Crippen LogP contribution in [0.25, 0.3) is 0 Å². The topological polar surface area (TPSA) is 35.2 Å². The number of hydrogen-bond acceptors (Lipinski definition) is 2. The first-order chi connectivity index (χ1) is 7.44. The minimum absolute atomic E-state index is 0.271. The molecular weight excluding hydrogens is 212 g/mol. The van der Waals surface area contributed by atoms with Gasteiger partial charge in [0.1, 0.15) is 11.6 Å². The van der Waals surface area contributed by atoms with E-state index >= 15 is 0 Å². The standard InChI is InChI=1S/C12H17F2NO/c1-4-12(2,16-3)11(15)9-6-5-8(13)7-10(9)14/h5-7,11H,4,15H2,1-3H3. The predicted octanol–water partition coefficient (Wildman–Crippen LogP) is 2.78.